The van der Waals surface area contributed by atoms with Crippen LogP contribution in [0.5, 0.6) is 0 Å². The molecule has 0 aromatic heterocycles. The third-order valence-corrected chi connectivity index (χ3v) is 1.59. The van der Waals surface area contributed by atoms with Gasteiger partial charge in [0.05, 0.1) is 0 Å². The molecular formula is C8H19N3O. The number of Topliss-reactive ketones (excluding diaryl/α,β-unsaturated/α-hetero) is 1. The zero-order chi connectivity index (χ0) is 9.40. The van der Waals surface area contributed by atoms with Crippen molar-refractivity contribution >= 4 is 5.78 Å². The van der Waals surface area contributed by atoms with Gasteiger partial charge in [0, 0.05) is 6.42 Å². The molecule has 0 saturated heterocycles. The molecule has 0 rings (SSSR count). The first-order valence-corrected chi connectivity index (χ1v) is 4.37. The van der Waals surface area contributed by atoms with E-state index in [9.17, 15) is 4.79 Å². The number of ketones is 1. The van der Waals surface area contributed by atoms with Gasteiger partial charge in [0.15, 0.2) is 0 Å². The van der Waals surface area contributed by atoms with E-state index in [1.807, 2.05) is 0 Å². The van der Waals surface area contributed by atoms with Gasteiger partial charge in [-0.1, -0.05) is 6.42 Å². The monoisotopic (exact) mass is 173 g/mol. The van der Waals surface area contributed by atoms with Gasteiger partial charge in [-0.3, -0.25) is 5.32 Å². The van der Waals surface area contributed by atoms with Gasteiger partial charge in [-0.05, 0) is 26.3 Å². The highest BCUT2D eigenvalue weighted by atomic mass is 16.1. The molecule has 0 aromatic carbocycles. The summed E-state index contributed by atoms with van der Waals surface area (Å²) in [5.74, 6) is 0.262. The van der Waals surface area contributed by atoms with Crippen molar-refractivity contribution in [1.82, 2.24) is 5.32 Å². The Morgan fingerprint density at radius 3 is 2.50 bits per heavy atom. The lowest BCUT2D eigenvalue weighted by Gasteiger charge is -2.06. The maximum absolute atomic E-state index is 10.5. The van der Waals surface area contributed by atoms with Crippen LogP contribution in [0.2, 0.25) is 0 Å². The molecular weight excluding hydrogens is 154 g/mol. The summed E-state index contributed by atoms with van der Waals surface area (Å²) in [5.41, 5.74) is 10.5. The van der Waals surface area contributed by atoms with Crippen LogP contribution in [0, 0.1) is 0 Å². The summed E-state index contributed by atoms with van der Waals surface area (Å²) < 4.78 is 0. The third kappa shape index (κ3) is 9.55. The first-order chi connectivity index (χ1) is 5.63. The average molecular weight is 173 g/mol. The Labute approximate surface area is 73.7 Å². The predicted octanol–water partition coefficient (Wildman–Crippen LogP) is -0.0736. The van der Waals surface area contributed by atoms with Crippen LogP contribution in [-0.2, 0) is 4.79 Å². The SMILES string of the molecule is CC(=O)CCCCCNC(N)N. The van der Waals surface area contributed by atoms with Crippen LogP contribution in [-0.4, -0.2) is 18.6 Å². The fraction of sp³-hybridized carbons (Fsp3) is 0.875. The lowest BCUT2D eigenvalue weighted by Crippen LogP contribution is -2.45. The average Bonchev–Trinajstić information content (AvgIpc) is 1.95. The van der Waals surface area contributed by atoms with Crippen molar-refractivity contribution < 1.29 is 4.79 Å². The van der Waals surface area contributed by atoms with Gasteiger partial charge < -0.3 is 16.3 Å². The van der Waals surface area contributed by atoms with E-state index in [2.05, 4.69) is 5.32 Å². The van der Waals surface area contributed by atoms with Crippen LogP contribution in [0.25, 0.3) is 0 Å². The van der Waals surface area contributed by atoms with Crippen molar-refractivity contribution in [3.63, 3.8) is 0 Å². The summed E-state index contributed by atoms with van der Waals surface area (Å²) >= 11 is 0. The number of carbonyl (C=O) groups excluding carboxylic acids is 1. The van der Waals surface area contributed by atoms with Crippen molar-refractivity contribution in [2.75, 3.05) is 6.54 Å². The van der Waals surface area contributed by atoms with Gasteiger partial charge in [-0.2, -0.15) is 0 Å². The Bertz CT molecular complexity index is 125. The van der Waals surface area contributed by atoms with Gasteiger partial charge in [0.25, 0.3) is 0 Å². The molecule has 12 heavy (non-hydrogen) atoms. The van der Waals surface area contributed by atoms with E-state index in [0.29, 0.717) is 6.42 Å². The molecule has 0 unspecified atom stereocenters. The quantitative estimate of drug-likeness (QED) is 0.372. The number of unbranched alkanes of at least 4 members (excludes halogenated alkanes) is 2. The van der Waals surface area contributed by atoms with Gasteiger partial charge in [0.1, 0.15) is 12.1 Å². The number of rotatable bonds is 7. The van der Waals surface area contributed by atoms with Crippen molar-refractivity contribution in [3.8, 4) is 0 Å². The maximum Gasteiger partial charge on any atom is 0.129 e. The minimum Gasteiger partial charge on any atom is -0.304 e. The minimum atomic E-state index is -0.419. The third-order valence-electron chi connectivity index (χ3n) is 1.59. The molecule has 0 radical (unpaired) electrons. The Balaban J connectivity index is 2.96. The highest BCUT2D eigenvalue weighted by Crippen LogP contribution is 1.98. The normalized spacial score (nSPS) is 10.7. The first-order valence-electron chi connectivity index (χ1n) is 4.37. The number of nitrogens with one attached hydrogen (secondary N) is 1. The molecule has 0 spiro atoms. The smallest absolute Gasteiger partial charge is 0.129 e. The highest BCUT2D eigenvalue weighted by Gasteiger charge is 1.94. The lowest BCUT2D eigenvalue weighted by atomic mass is 10.1. The Hall–Kier alpha value is -0.450. The first kappa shape index (κ1) is 11.6. The Morgan fingerprint density at radius 2 is 2.00 bits per heavy atom. The fourth-order valence-electron chi connectivity index (χ4n) is 0.944. The summed E-state index contributed by atoms with van der Waals surface area (Å²) in [5, 5.41) is 2.90. The van der Waals surface area contributed by atoms with E-state index < -0.39 is 6.29 Å². The molecule has 0 heterocycles. The van der Waals surface area contributed by atoms with Crippen LogP contribution in [0.3, 0.4) is 0 Å². The second kappa shape index (κ2) is 7.21. The van der Waals surface area contributed by atoms with Crippen LogP contribution < -0.4 is 16.8 Å². The summed E-state index contributed by atoms with van der Waals surface area (Å²) in [6, 6.07) is 0. The van der Waals surface area contributed by atoms with Crippen LogP contribution in [0.4, 0.5) is 0 Å². The summed E-state index contributed by atoms with van der Waals surface area (Å²) in [7, 11) is 0. The lowest BCUT2D eigenvalue weighted by molar-refractivity contribution is -0.117. The molecule has 0 aliphatic carbocycles. The second-order valence-electron chi connectivity index (χ2n) is 2.99. The molecule has 0 aromatic rings. The van der Waals surface area contributed by atoms with Gasteiger partial charge in [0.2, 0.25) is 0 Å². The molecule has 0 aliphatic heterocycles. The topological polar surface area (TPSA) is 81.1 Å². The van der Waals surface area contributed by atoms with Gasteiger partial charge in [-0.15, -0.1) is 0 Å². The van der Waals surface area contributed by atoms with Crippen molar-refractivity contribution in [2.45, 2.75) is 38.9 Å². The molecule has 0 aliphatic rings. The Kier molecular flexibility index (Phi) is 6.94. The zero-order valence-electron chi connectivity index (χ0n) is 7.68. The van der Waals surface area contributed by atoms with Crippen molar-refractivity contribution in [2.24, 2.45) is 11.5 Å². The van der Waals surface area contributed by atoms with Crippen LogP contribution in [0.1, 0.15) is 32.6 Å². The molecule has 0 fully saturated rings. The Morgan fingerprint density at radius 1 is 1.33 bits per heavy atom. The van der Waals surface area contributed by atoms with E-state index in [4.69, 9.17) is 11.5 Å². The maximum atomic E-state index is 10.5. The number of carbonyl (C=O) groups is 1. The molecule has 0 saturated carbocycles. The van der Waals surface area contributed by atoms with Crippen LogP contribution in [0.15, 0.2) is 0 Å². The fourth-order valence-corrected chi connectivity index (χ4v) is 0.944. The summed E-state index contributed by atoms with van der Waals surface area (Å²) in [4.78, 5) is 10.5. The minimum absolute atomic E-state index is 0.262. The highest BCUT2D eigenvalue weighted by molar-refractivity contribution is 5.75. The van der Waals surface area contributed by atoms with Crippen molar-refractivity contribution in [1.29, 1.82) is 0 Å². The van der Waals surface area contributed by atoms with E-state index in [-0.39, 0.29) is 5.78 Å². The molecule has 0 amide bonds. The molecule has 5 N–H and O–H groups in total. The van der Waals surface area contributed by atoms with E-state index in [1.54, 1.807) is 6.92 Å². The standard InChI is InChI=1S/C8H19N3O/c1-7(12)5-3-2-4-6-11-8(9)10/h8,11H,2-6,9-10H2,1H3. The molecule has 72 valence electrons. The number of nitrogens with two attached hydrogens (primary N) is 2. The van der Waals surface area contributed by atoms with Gasteiger partial charge >= 0.3 is 0 Å². The zero-order valence-corrected chi connectivity index (χ0v) is 7.68. The second-order valence-corrected chi connectivity index (χ2v) is 2.99. The summed E-state index contributed by atoms with van der Waals surface area (Å²) in [6.07, 6.45) is 3.32. The number of hydrogen-bond acceptors (Lipinski definition) is 4. The van der Waals surface area contributed by atoms with Crippen molar-refractivity contribution in [3.05, 3.63) is 0 Å². The van der Waals surface area contributed by atoms with E-state index in [1.165, 1.54) is 0 Å². The molecule has 4 nitrogen and oxygen atoms in total. The largest absolute Gasteiger partial charge is 0.304 e. The summed E-state index contributed by atoms with van der Waals surface area (Å²) in [6.45, 7) is 2.45. The van der Waals surface area contributed by atoms with Gasteiger partial charge in [-0.25, -0.2) is 0 Å². The van der Waals surface area contributed by atoms with E-state index >= 15 is 0 Å². The van der Waals surface area contributed by atoms with Crippen LogP contribution >= 0.6 is 0 Å². The predicted molar refractivity (Wildman–Crippen MR) is 49.3 cm³/mol. The molecule has 0 atom stereocenters. The molecule has 0 bridgehead atoms. The molecule has 4 heteroatoms. The number of hydrogen-bond donors (Lipinski definition) is 3. The van der Waals surface area contributed by atoms with E-state index in [0.717, 1.165) is 25.8 Å².